The molecule has 0 radical (unpaired) electrons. The number of alkyl halides is 3. The van der Waals surface area contributed by atoms with Crippen LogP contribution in [0.15, 0.2) is 18.2 Å². The van der Waals surface area contributed by atoms with E-state index in [4.69, 9.17) is 6.57 Å². The van der Waals surface area contributed by atoms with Crippen LogP contribution in [0.5, 0.6) is 5.75 Å². The van der Waals surface area contributed by atoms with E-state index >= 15 is 0 Å². The van der Waals surface area contributed by atoms with Gasteiger partial charge in [-0.1, -0.05) is 18.6 Å². The summed E-state index contributed by atoms with van der Waals surface area (Å²) in [6.45, 7) is 8.97. The number of piperidine rings is 1. The molecule has 178 valence electrons. The minimum atomic E-state index is -4.93. The Labute approximate surface area is 190 Å². The van der Waals surface area contributed by atoms with E-state index in [2.05, 4.69) is 14.9 Å². The van der Waals surface area contributed by atoms with E-state index in [0.29, 0.717) is 32.2 Å². The van der Waals surface area contributed by atoms with E-state index < -0.39 is 23.4 Å². The summed E-state index contributed by atoms with van der Waals surface area (Å²) in [5.74, 6) is -1.51. The molecular formula is C23H26F3N3O4. The van der Waals surface area contributed by atoms with Crippen LogP contribution < -0.4 is 10.1 Å². The third-order valence-electron chi connectivity index (χ3n) is 6.29. The van der Waals surface area contributed by atoms with Crippen molar-refractivity contribution in [2.75, 3.05) is 13.1 Å². The highest BCUT2D eigenvalue weighted by molar-refractivity contribution is 5.90. The van der Waals surface area contributed by atoms with Crippen molar-refractivity contribution in [3.8, 4) is 5.75 Å². The van der Waals surface area contributed by atoms with Crippen LogP contribution in [0.1, 0.15) is 51.0 Å². The Kier molecular flexibility index (Phi) is 7.30. The summed E-state index contributed by atoms with van der Waals surface area (Å²) in [6.07, 6.45) is -1.31. The number of Topliss-reactive ketones (excluding diaryl/α,β-unsaturated/α-hetero) is 1. The maximum atomic E-state index is 13.1. The molecule has 1 aromatic rings. The molecule has 0 spiro atoms. The lowest BCUT2D eigenvalue weighted by molar-refractivity contribution is -0.274. The zero-order valence-corrected chi connectivity index (χ0v) is 18.3. The smallest absolute Gasteiger partial charge is 0.407 e. The Bertz CT molecular complexity index is 967. The van der Waals surface area contributed by atoms with Gasteiger partial charge in [0.1, 0.15) is 11.5 Å². The van der Waals surface area contributed by atoms with Crippen molar-refractivity contribution in [2.45, 2.75) is 58.4 Å². The van der Waals surface area contributed by atoms with Crippen LogP contribution in [0.2, 0.25) is 0 Å². The SMILES string of the molecule is [C-]#[N+]c1ccc(CNC(=O)[C@@H]2CCCN(C(=O)C3(CC(C)=O)CCC3)C2)c(OC(F)(F)F)c1. The second-order valence-electron chi connectivity index (χ2n) is 8.77. The number of carbonyl (C=O) groups excluding carboxylic acids is 3. The fourth-order valence-electron chi connectivity index (χ4n) is 4.56. The Morgan fingerprint density at radius 1 is 1.27 bits per heavy atom. The number of likely N-dealkylation sites (tertiary alicyclic amines) is 1. The predicted molar refractivity (Wildman–Crippen MR) is 112 cm³/mol. The number of rotatable bonds is 7. The van der Waals surface area contributed by atoms with Gasteiger partial charge >= 0.3 is 6.36 Å². The van der Waals surface area contributed by atoms with Crippen LogP contribution in [0, 0.1) is 17.9 Å². The normalized spacial score (nSPS) is 19.7. The fraction of sp³-hybridized carbons (Fsp3) is 0.565. The maximum absolute atomic E-state index is 13.1. The molecule has 1 atom stereocenters. The number of amides is 2. The highest BCUT2D eigenvalue weighted by Gasteiger charge is 2.47. The molecule has 2 fully saturated rings. The summed E-state index contributed by atoms with van der Waals surface area (Å²) in [5, 5.41) is 2.63. The van der Waals surface area contributed by atoms with Gasteiger partial charge in [0.05, 0.1) is 17.9 Å². The molecule has 1 N–H and O–H groups in total. The molecule has 3 rings (SSSR count). The van der Waals surface area contributed by atoms with Gasteiger partial charge in [-0.3, -0.25) is 14.4 Å². The van der Waals surface area contributed by atoms with Crippen LogP contribution in [0.25, 0.3) is 4.85 Å². The molecule has 1 heterocycles. The lowest BCUT2D eigenvalue weighted by atomic mass is 9.64. The highest BCUT2D eigenvalue weighted by atomic mass is 19.4. The van der Waals surface area contributed by atoms with Gasteiger partial charge in [-0.25, -0.2) is 4.85 Å². The van der Waals surface area contributed by atoms with Crippen molar-refractivity contribution in [2.24, 2.45) is 11.3 Å². The first-order chi connectivity index (χ1) is 15.5. The van der Waals surface area contributed by atoms with Gasteiger partial charge in [-0.15, -0.1) is 13.2 Å². The van der Waals surface area contributed by atoms with Gasteiger partial charge in [0.25, 0.3) is 0 Å². The van der Waals surface area contributed by atoms with Gasteiger partial charge in [0.15, 0.2) is 5.69 Å². The van der Waals surface area contributed by atoms with Crippen molar-refractivity contribution in [1.82, 2.24) is 10.2 Å². The van der Waals surface area contributed by atoms with Crippen LogP contribution in [-0.2, 0) is 20.9 Å². The monoisotopic (exact) mass is 465 g/mol. The molecule has 10 heteroatoms. The third-order valence-corrected chi connectivity index (χ3v) is 6.29. The first-order valence-electron chi connectivity index (χ1n) is 10.9. The Balaban J connectivity index is 1.64. The molecule has 2 aliphatic rings. The molecule has 0 bridgehead atoms. The van der Waals surface area contributed by atoms with Crippen molar-refractivity contribution in [3.63, 3.8) is 0 Å². The summed E-state index contributed by atoms with van der Waals surface area (Å²) >= 11 is 0. The average molecular weight is 465 g/mol. The zero-order valence-electron chi connectivity index (χ0n) is 18.3. The van der Waals surface area contributed by atoms with E-state index in [1.54, 1.807) is 4.90 Å². The number of halogens is 3. The van der Waals surface area contributed by atoms with Crippen molar-refractivity contribution in [1.29, 1.82) is 0 Å². The topological polar surface area (TPSA) is 80.1 Å². The predicted octanol–water partition coefficient (Wildman–Crippen LogP) is 4.14. The van der Waals surface area contributed by atoms with E-state index in [0.717, 1.165) is 12.5 Å². The highest BCUT2D eigenvalue weighted by Crippen LogP contribution is 2.46. The quantitative estimate of drug-likeness (QED) is 0.614. The number of nitrogens with zero attached hydrogens (tertiary/aromatic N) is 2. The van der Waals surface area contributed by atoms with E-state index in [1.807, 2.05) is 0 Å². The minimum Gasteiger partial charge on any atom is -0.407 e. The summed E-state index contributed by atoms with van der Waals surface area (Å²) in [5.41, 5.74) is -0.577. The number of ketones is 1. The number of carbonyl (C=O) groups is 3. The maximum Gasteiger partial charge on any atom is 0.573 e. The Morgan fingerprint density at radius 2 is 2.00 bits per heavy atom. The van der Waals surface area contributed by atoms with Crippen LogP contribution >= 0.6 is 0 Å². The van der Waals surface area contributed by atoms with E-state index in [-0.39, 0.29) is 48.4 Å². The lowest BCUT2D eigenvalue weighted by Crippen LogP contribution is -2.53. The number of benzene rings is 1. The number of nitrogens with one attached hydrogen (secondary N) is 1. The molecule has 1 saturated heterocycles. The van der Waals surface area contributed by atoms with Crippen molar-refractivity contribution < 1.29 is 32.3 Å². The van der Waals surface area contributed by atoms with E-state index in [1.165, 1.54) is 19.1 Å². The van der Waals surface area contributed by atoms with Crippen LogP contribution in [0.3, 0.4) is 0 Å². The van der Waals surface area contributed by atoms with Gasteiger partial charge in [0, 0.05) is 31.6 Å². The first-order valence-corrected chi connectivity index (χ1v) is 10.9. The molecule has 0 unspecified atom stereocenters. The van der Waals surface area contributed by atoms with Crippen molar-refractivity contribution in [3.05, 3.63) is 35.2 Å². The second-order valence-corrected chi connectivity index (χ2v) is 8.77. The largest absolute Gasteiger partial charge is 0.573 e. The molecule has 33 heavy (non-hydrogen) atoms. The summed E-state index contributed by atoms with van der Waals surface area (Å²) in [4.78, 5) is 42.3. The Morgan fingerprint density at radius 3 is 2.58 bits per heavy atom. The van der Waals surface area contributed by atoms with Crippen LogP contribution in [-0.4, -0.2) is 41.9 Å². The second kappa shape index (κ2) is 9.81. The number of hydrogen-bond donors (Lipinski definition) is 1. The third kappa shape index (κ3) is 6.03. The average Bonchev–Trinajstić information content (AvgIpc) is 2.73. The summed E-state index contributed by atoms with van der Waals surface area (Å²) < 4.78 is 42.2. The fourth-order valence-corrected chi connectivity index (χ4v) is 4.56. The molecule has 1 aliphatic carbocycles. The minimum absolute atomic E-state index is 0.0127. The van der Waals surface area contributed by atoms with Crippen LogP contribution in [0.4, 0.5) is 18.9 Å². The molecular weight excluding hydrogens is 439 g/mol. The standard InChI is InChI=1S/C23H26F3N3O4/c1-15(30)12-22(8-4-9-22)21(32)29-10-3-5-17(14-29)20(31)28-13-16-6-7-18(27-2)11-19(16)33-23(24,25)26/h6-7,11,17H,3-5,8-10,12-14H2,1H3,(H,28,31)/t17-/m1/s1. The van der Waals surface area contributed by atoms with Crippen molar-refractivity contribution >= 4 is 23.3 Å². The zero-order chi connectivity index (χ0) is 24.2. The van der Waals surface area contributed by atoms with Gasteiger partial charge in [0.2, 0.25) is 11.8 Å². The molecule has 0 aromatic heterocycles. The van der Waals surface area contributed by atoms with Gasteiger partial charge < -0.3 is 15.0 Å². The summed E-state index contributed by atoms with van der Waals surface area (Å²) in [7, 11) is 0. The number of hydrogen-bond acceptors (Lipinski definition) is 4. The number of ether oxygens (including phenoxy) is 1. The first kappa shape index (κ1) is 24.6. The lowest BCUT2D eigenvalue weighted by Gasteiger charge is -2.45. The molecule has 7 nitrogen and oxygen atoms in total. The molecule has 2 amide bonds. The molecule has 1 aliphatic heterocycles. The van der Waals surface area contributed by atoms with Gasteiger partial charge in [-0.05, 0) is 38.7 Å². The molecule has 1 saturated carbocycles. The van der Waals surface area contributed by atoms with Gasteiger partial charge in [-0.2, -0.15) is 0 Å². The molecule has 1 aromatic carbocycles. The summed E-state index contributed by atoms with van der Waals surface area (Å²) in [6, 6.07) is 3.65. The van der Waals surface area contributed by atoms with E-state index in [9.17, 15) is 27.6 Å². The Hall–Kier alpha value is -3.09.